The number of piperidine rings is 1. The van der Waals surface area contributed by atoms with E-state index in [1.807, 2.05) is 0 Å². The van der Waals surface area contributed by atoms with Crippen molar-refractivity contribution in [1.29, 1.82) is 0 Å². The number of nitrogens with zero attached hydrogens (tertiary/aromatic N) is 1. The first-order valence-corrected chi connectivity index (χ1v) is 6.10. The summed E-state index contributed by atoms with van der Waals surface area (Å²) >= 11 is 0. The van der Waals surface area contributed by atoms with E-state index in [1.54, 1.807) is 0 Å². The van der Waals surface area contributed by atoms with Crippen molar-refractivity contribution in [1.82, 2.24) is 10.2 Å². The van der Waals surface area contributed by atoms with Gasteiger partial charge in [-0.3, -0.25) is 4.79 Å². The van der Waals surface area contributed by atoms with Crippen LogP contribution in [0.25, 0.3) is 0 Å². The molecule has 0 spiro atoms. The van der Waals surface area contributed by atoms with Crippen molar-refractivity contribution in [2.75, 3.05) is 26.2 Å². The molecule has 2 aliphatic heterocycles. The Morgan fingerprint density at radius 3 is 2.53 bits per heavy atom. The van der Waals surface area contributed by atoms with Gasteiger partial charge in [-0.1, -0.05) is 13.8 Å². The number of nitrogens with one attached hydrogen (secondary N) is 1. The van der Waals surface area contributed by atoms with Crippen LogP contribution in [-0.2, 0) is 4.79 Å². The summed E-state index contributed by atoms with van der Waals surface area (Å²) in [6.07, 6.45) is 1.04. The lowest BCUT2D eigenvalue weighted by molar-refractivity contribution is -0.134. The molecule has 3 heteroatoms. The maximum absolute atomic E-state index is 12.1. The SMILES string of the molecule is CC1(C)C2CN(C(=O)[C@H]3CCNC3)CC21. The molecule has 0 radical (unpaired) electrons. The predicted octanol–water partition coefficient (Wildman–Crippen LogP) is 0.710. The molecule has 0 aromatic rings. The van der Waals surface area contributed by atoms with Crippen LogP contribution in [0.15, 0.2) is 0 Å². The average molecular weight is 208 g/mol. The van der Waals surface area contributed by atoms with Crippen molar-refractivity contribution in [2.24, 2.45) is 23.2 Å². The van der Waals surface area contributed by atoms with Crippen LogP contribution >= 0.6 is 0 Å². The van der Waals surface area contributed by atoms with Gasteiger partial charge in [0, 0.05) is 19.6 Å². The zero-order chi connectivity index (χ0) is 10.6. The third-order valence-electron chi connectivity index (χ3n) is 4.84. The minimum Gasteiger partial charge on any atom is -0.342 e. The van der Waals surface area contributed by atoms with Gasteiger partial charge in [0.05, 0.1) is 5.92 Å². The fraction of sp³-hybridized carbons (Fsp3) is 0.917. The maximum atomic E-state index is 12.1. The van der Waals surface area contributed by atoms with E-state index in [0.717, 1.165) is 44.4 Å². The largest absolute Gasteiger partial charge is 0.342 e. The van der Waals surface area contributed by atoms with Crippen LogP contribution < -0.4 is 5.32 Å². The van der Waals surface area contributed by atoms with E-state index < -0.39 is 0 Å². The quantitative estimate of drug-likeness (QED) is 0.688. The maximum Gasteiger partial charge on any atom is 0.227 e. The number of rotatable bonds is 1. The van der Waals surface area contributed by atoms with Crippen molar-refractivity contribution in [3.63, 3.8) is 0 Å². The smallest absolute Gasteiger partial charge is 0.227 e. The van der Waals surface area contributed by atoms with E-state index >= 15 is 0 Å². The van der Waals surface area contributed by atoms with E-state index in [2.05, 4.69) is 24.1 Å². The number of hydrogen-bond acceptors (Lipinski definition) is 2. The van der Waals surface area contributed by atoms with E-state index in [9.17, 15) is 4.79 Å². The molecule has 1 N–H and O–H groups in total. The van der Waals surface area contributed by atoms with Crippen molar-refractivity contribution in [3.05, 3.63) is 0 Å². The van der Waals surface area contributed by atoms with Crippen LogP contribution in [0.5, 0.6) is 0 Å². The highest BCUT2D eigenvalue weighted by atomic mass is 16.2. The standard InChI is InChI=1S/C12H20N2O/c1-12(2)9-6-14(7-10(9)12)11(15)8-3-4-13-5-8/h8-10,13H,3-7H2,1-2H3/t8-,9?,10?/m0/s1. The van der Waals surface area contributed by atoms with E-state index in [1.165, 1.54) is 0 Å². The molecular weight excluding hydrogens is 188 g/mol. The van der Waals surface area contributed by atoms with Crippen molar-refractivity contribution >= 4 is 5.91 Å². The van der Waals surface area contributed by atoms with Gasteiger partial charge in [0.2, 0.25) is 5.91 Å². The van der Waals surface area contributed by atoms with Gasteiger partial charge in [-0.2, -0.15) is 0 Å². The lowest BCUT2D eigenvalue weighted by Gasteiger charge is -2.24. The van der Waals surface area contributed by atoms with Gasteiger partial charge < -0.3 is 10.2 Å². The summed E-state index contributed by atoms with van der Waals surface area (Å²) in [4.78, 5) is 14.2. The lowest BCUT2D eigenvalue weighted by atomic mass is 10.0. The van der Waals surface area contributed by atoms with E-state index in [0.29, 0.717) is 11.3 Å². The Hall–Kier alpha value is -0.570. The molecule has 0 aromatic carbocycles. The summed E-state index contributed by atoms with van der Waals surface area (Å²) in [5, 5.41) is 3.27. The van der Waals surface area contributed by atoms with Crippen LogP contribution in [-0.4, -0.2) is 37.0 Å². The zero-order valence-electron chi connectivity index (χ0n) is 9.62. The highest BCUT2D eigenvalue weighted by Gasteiger charge is 2.62. The van der Waals surface area contributed by atoms with Crippen molar-refractivity contribution in [2.45, 2.75) is 20.3 Å². The molecule has 15 heavy (non-hydrogen) atoms. The summed E-state index contributed by atoms with van der Waals surface area (Å²) in [5.41, 5.74) is 0.519. The molecule has 3 rings (SSSR count). The summed E-state index contributed by atoms with van der Waals surface area (Å²) in [5.74, 6) is 2.25. The molecule has 3 atom stereocenters. The fourth-order valence-corrected chi connectivity index (χ4v) is 3.44. The fourth-order valence-electron chi connectivity index (χ4n) is 3.44. The number of amides is 1. The molecule has 1 aliphatic carbocycles. The molecule has 3 fully saturated rings. The molecule has 1 saturated carbocycles. The van der Waals surface area contributed by atoms with Crippen LogP contribution in [0.3, 0.4) is 0 Å². The minimum atomic E-state index is 0.269. The van der Waals surface area contributed by atoms with Crippen LogP contribution in [0.1, 0.15) is 20.3 Å². The summed E-state index contributed by atoms with van der Waals surface area (Å²) in [6, 6.07) is 0. The second-order valence-corrected chi connectivity index (χ2v) is 5.97. The molecule has 0 aromatic heterocycles. The minimum absolute atomic E-state index is 0.269. The molecule has 3 aliphatic rings. The molecule has 2 heterocycles. The first-order chi connectivity index (χ1) is 7.10. The second kappa shape index (κ2) is 2.97. The Morgan fingerprint density at radius 2 is 2.00 bits per heavy atom. The van der Waals surface area contributed by atoms with Gasteiger partial charge in [0.25, 0.3) is 0 Å². The molecule has 3 nitrogen and oxygen atoms in total. The first-order valence-electron chi connectivity index (χ1n) is 6.10. The topological polar surface area (TPSA) is 32.3 Å². The number of likely N-dealkylation sites (tertiary alicyclic amines) is 1. The number of carbonyl (C=O) groups is 1. The highest BCUT2D eigenvalue weighted by molar-refractivity contribution is 5.80. The van der Waals surface area contributed by atoms with Gasteiger partial charge in [-0.05, 0) is 30.2 Å². The highest BCUT2D eigenvalue weighted by Crippen LogP contribution is 2.62. The Morgan fingerprint density at radius 1 is 1.33 bits per heavy atom. The van der Waals surface area contributed by atoms with Gasteiger partial charge >= 0.3 is 0 Å². The van der Waals surface area contributed by atoms with Crippen molar-refractivity contribution < 1.29 is 4.79 Å². The molecular formula is C12H20N2O. The number of fused-ring (bicyclic) bond motifs is 1. The Bertz CT molecular complexity index is 280. The predicted molar refractivity (Wildman–Crippen MR) is 58.3 cm³/mol. The summed E-state index contributed by atoms with van der Waals surface area (Å²) in [6.45, 7) is 8.62. The third-order valence-corrected chi connectivity index (χ3v) is 4.84. The van der Waals surface area contributed by atoms with Crippen molar-refractivity contribution in [3.8, 4) is 0 Å². The second-order valence-electron chi connectivity index (χ2n) is 5.97. The molecule has 0 bridgehead atoms. The molecule has 1 amide bonds. The molecule has 2 saturated heterocycles. The Kier molecular flexibility index (Phi) is 1.91. The van der Waals surface area contributed by atoms with Crippen LogP contribution in [0.2, 0.25) is 0 Å². The number of hydrogen-bond donors (Lipinski definition) is 1. The van der Waals surface area contributed by atoms with Crippen LogP contribution in [0, 0.1) is 23.2 Å². The van der Waals surface area contributed by atoms with Crippen LogP contribution in [0.4, 0.5) is 0 Å². The monoisotopic (exact) mass is 208 g/mol. The lowest BCUT2D eigenvalue weighted by Crippen LogP contribution is -2.38. The molecule has 2 unspecified atom stereocenters. The van der Waals surface area contributed by atoms with Gasteiger partial charge in [-0.25, -0.2) is 0 Å². The normalized spacial score (nSPS) is 41.7. The first kappa shape index (κ1) is 9.64. The van der Waals surface area contributed by atoms with E-state index in [4.69, 9.17) is 0 Å². The average Bonchev–Trinajstić information content (AvgIpc) is 2.79. The third kappa shape index (κ3) is 1.32. The van der Waals surface area contributed by atoms with Gasteiger partial charge in [-0.15, -0.1) is 0 Å². The summed E-state index contributed by atoms with van der Waals surface area (Å²) < 4.78 is 0. The van der Waals surface area contributed by atoms with Gasteiger partial charge in [0.1, 0.15) is 0 Å². The van der Waals surface area contributed by atoms with E-state index in [-0.39, 0.29) is 5.92 Å². The molecule has 84 valence electrons. The zero-order valence-corrected chi connectivity index (χ0v) is 9.62. The number of carbonyl (C=O) groups excluding carboxylic acids is 1. The Labute approximate surface area is 91.2 Å². The van der Waals surface area contributed by atoms with Gasteiger partial charge in [0.15, 0.2) is 0 Å². The Balaban J connectivity index is 1.60. The summed E-state index contributed by atoms with van der Waals surface area (Å²) in [7, 11) is 0.